The molecule has 1 aliphatic heterocycles. The zero-order valence-corrected chi connectivity index (χ0v) is 13.6. The molecule has 1 saturated carbocycles. The van der Waals surface area contributed by atoms with Crippen molar-refractivity contribution in [2.24, 2.45) is 17.8 Å². The summed E-state index contributed by atoms with van der Waals surface area (Å²) in [5.41, 5.74) is 0. The van der Waals surface area contributed by atoms with Gasteiger partial charge in [0.05, 0.1) is 12.7 Å². The number of ether oxygens (including phenoxy) is 2. The topological polar surface area (TPSA) is 99.4 Å². The molecule has 0 spiro atoms. The van der Waals surface area contributed by atoms with Gasteiger partial charge in [-0.3, -0.25) is 0 Å². The lowest BCUT2D eigenvalue weighted by Gasteiger charge is -2.44. The van der Waals surface area contributed by atoms with Crippen molar-refractivity contribution in [2.45, 2.75) is 76.8 Å². The van der Waals surface area contributed by atoms with E-state index in [1.54, 1.807) is 0 Å². The summed E-state index contributed by atoms with van der Waals surface area (Å²) in [6.45, 7) is 6.06. The van der Waals surface area contributed by atoms with Crippen LogP contribution in [0.15, 0.2) is 0 Å². The van der Waals surface area contributed by atoms with Crippen LogP contribution in [0.4, 0.5) is 0 Å². The second-order valence-electron chi connectivity index (χ2n) is 7.20. The molecule has 1 saturated heterocycles. The van der Waals surface area contributed by atoms with Gasteiger partial charge in [-0.05, 0) is 30.6 Å². The monoisotopic (exact) mass is 318 g/mol. The predicted molar refractivity (Wildman–Crippen MR) is 80.0 cm³/mol. The number of aliphatic hydroxyl groups is 4. The minimum absolute atomic E-state index is 0.0508. The molecule has 0 radical (unpaired) electrons. The summed E-state index contributed by atoms with van der Waals surface area (Å²) in [6, 6.07) is 0. The van der Waals surface area contributed by atoms with Crippen molar-refractivity contribution in [2.75, 3.05) is 6.61 Å². The highest BCUT2D eigenvalue weighted by molar-refractivity contribution is 4.90. The summed E-state index contributed by atoms with van der Waals surface area (Å²) < 4.78 is 11.4. The molecule has 0 unspecified atom stereocenters. The molecule has 0 amide bonds. The molecule has 0 bridgehead atoms. The summed E-state index contributed by atoms with van der Waals surface area (Å²) in [5.74, 6) is 1.39. The van der Waals surface area contributed by atoms with Crippen LogP contribution >= 0.6 is 0 Å². The van der Waals surface area contributed by atoms with Gasteiger partial charge in [0, 0.05) is 0 Å². The molecular formula is C16H30O6. The van der Waals surface area contributed by atoms with Crippen molar-refractivity contribution in [3.63, 3.8) is 0 Å². The first-order valence-corrected chi connectivity index (χ1v) is 8.31. The maximum atomic E-state index is 10.1. The molecule has 2 fully saturated rings. The zero-order valence-electron chi connectivity index (χ0n) is 13.6. The normalized spacial score (nSPS) is 46.9. The zero-order chi connectivity index (χ0) is 16.4. The Bertz CT molecular complexity index is 348. The largest absolute Gasteiger partial charge is 0.394 e. The number of aliphatic hydroxyl groups excluding tert-OH is 4. The van der Waals surface area contributed by atoms with Crippen LogP contribution in [0.25, 0.3) is 0 Å². The van der Waals surface area contributed by atoms with Crippen LogP contribution in [-0.2, 0) is 9.47 Å². The summed E-state index contributed by atoms with van der Waals surface area (Å²) >= 11 is 0. The third kappa shape index (κ3) is 3.80. The van der Waals surface area contributed by atoms with E-state index in [1.165, 1.54) is 0 Å². The summed E-state index contributed by atoms with van der Waals surface area (Å²) in [6.07, 6.45) is -2.90. The van der Waals surface area contributed by atoms with Crippen molar-refractivity contribution in [1.29, 1.82) is 0 Å². The lowest BCUT2D eigenvalue weighted by Crippen LogP contribution is -2.60. The fourth-order valence-electron chi connectivity index (χ4n) is 3.62. The van der Waals surface area contributed by atoms with Crippen molar-refractivity contribution in [3.8, 4) is 0 Å². The van der Waals surface area contributed by atoms with E-state index >= 15 is 0 Å². The minimum atomic E-state index is -1.38. The quantitative estimate of drug-likeness (QED) is 0.593. The molecule has 2 rings (SSSR count). The lowest BCUT2D eigenvalue weighted by atomic mass is 9.75. The smallest absolute Gasteiger partial charge is 0.186 e. The first-order chi connectivity index (χ1) is 10.3. The standard InChI is InChI=1S/C16H30O6/c1-8(2)10-5-4-9(3)6-11(10)21-16-15(20)14(19)13(18)12(7-17)22-16/h8-20H,4-7H2,1-3H3/t9-,10-,11-,12-,13-,14+,15-,16-/m1/s1. The average molecular weight is 318 g/mol. The highest BCUT2D eigenvalue weighted by Gasteiger charge is 2.46. The van der Waals surface area contributed by atoms with Crippen LogP contribution in [0.2, 0.25) is 0 Å². The first-order valence-electron chi connectivity index (χ1n) is 8.31. The minimum Gasteiger partial charge on any atom is -0.394 e. The van der Waals surface area contributed by atoms with Crippen LogP contribution in [0, 0.1) is 17.8 Å². The van der Waals surface area contributed by atoms with Gasteiger partial charge in [-0.15, -0.1) is 0 Å². The molecule has 0 aromatic heterocycles. The fourth-order valence-corrected chi connectivity index (χ4v) is 3.62. The maximum Gasteiger partial charge on any atom is 0.186 e. The Balaban J connectivity index is 2.06. The molecule has 1 aliphatic carbocycles. The lowest BCUT2D eigenvalue weighted by molar-refractivity contribution is -0.318. The molecule has 6 nitrogen and oxygen atoms in total. The van der Waals surface area contributed by atoms with E-state index in [0.29, 0.717) is 17.8 Å². The van der Waals surface area contributed by atoms with E-state index in [2.05, 4.69) is 20.8 Å². The second-order valence-corrected chi connectivity index (χ2v) is 7.20. The second kappa shape index (κ2) is 7.55. The van der Waals surface area contributed by atoms with E-state index in [4.69, 9.17) is 9.47 Å². The SMILES string of the molecule is CC(C)[C@H]1CC[C@@H](C)C[C@H]1O[C@@H]1O[C@H](CO)[C@@H](O)[C@H](O)[C@H]1O. The molecular weight excluding hydrogens is 288 g/mol. The van der Waals surface area contributed by atoms with Gasteiger partial charge in [-0.25, -0.2) is 0 Å². The van der Waals surface area contributed by atoms with Crippen LogP contribution in [0.1, 0.15) is 40.0 Å². The molecule has 8 atom stereocenters. The van der Waals surface area contributed by atoms with Crippen LogP contribution < -0.4 is 0 Å². The highest BCUT2D eigenvalue weighted by atomic mass is 16.7. The fraction of sp³-hybridized carbons (Fsp3) is 1.00. The van der Waals surface area contributed by atoms with Crippen LogP contribution in [-0.4, -0.2) is 63.8 Å². The van der Waals surface area contributed by atoms with Crippen molar-refractivity contribution >= 4 is 0 Å². The Morgan fingerprint density at radius 1 is 1.09 bits per heavy atom. The molecule has 22 heavy (non-hydrogen) atoms. The van der Waals surface area contributed by atoms with Gasteiger partial charge in [0.1, 0.15) is 24.4 Å². The van der Waals surface area contributed by atoms with Gasteiger partial charge in [0.15, 0.2) is 6.29 Å². The van der Waals surface area contributed by atoms with Gasteiger partial charge in [-0.1, -0.05) is 27.2 Å². The molecule has 4 N–H and O–H groups in total. The summed E-state index contributed by atoms with van der Waals surface area (Å²) in [7, 11) is 0. The molecule has 0 aromatic carbocycles. The Morgan fingerprint density at radius 3 is 2.36 bits per heavy atom. The maximum absolute atomic E-state index is 10.1. The number of rotatable bonds is 4. The third-order valence-electron chi connectivity index (χ3n) is 5.12. The molecule has 0 aromatic rings. The van der Waals surface area contributed by atoms with E-state index in [9.17, 15) is 20.4 Å². The first kappa shape index (κ1) is 18.1. The molecule has 1 heterocycles. The van der Waals surface area contributed by atoms with E-state index in [1.807, 2.05) is 0 Å². The number of hydrogen-bond donors (Lipinski definition) is 4. The van der Waals surface area contributed by atoms with Crippen molar-refractivity contribution in [3.05, 3.63) is 0 Å². The predicted octanol–water partition coefficient (Wildman–Crippen LogP) is 0.264. The Kier molecular flexibility index (Phi) is 6.22. The third-order valence-corrected chi connectivity index (χ3v) is 5.12. The van der Waals surface area contributed by atoms with E-state index in [0.717, 1.165) is 19.3 Å². The average Bonchev–Trinajstić information content (AvgIpc) is 2.47. The van der Waals surface area contributed by atoms with Gasteiger partial charge in [-0.2, -0.15) is 0 Å². The Hall–Kier alpha value is -0.240. The number of hydrogen-bond acceptors (Lipinski definition) is 6. The Morgan fingerprint density at radius 2 is 1.77 bits per heavy atom. The molecule has 130 valence electrons. The van der Waals surface area contributed by atoms with Crippen LogP contribution in [0.3, 0.4) is 0 Å². The summed E-state index contributed by atoms with van der Waals surface area (Å²) in [5, 5.41) is 39.0. The molecule has 2 aliphatic rings. The van der Waals surface area contributed by atoms with Crippen molar-refractivity contribution < 1.29 is 29.9 Å². The van der Waals surface area contributed by atoms with Crippen LogP contribution in [0.5, 0.6) is 0 Å². The van der Waals surface area contributed by atoms with Gasteiger partial charge < -0.3 is 29.9 Å². The van der Waals surface area contributed by atoms with Gasteiger partial charge >= 0.3 is 0 Å². The van der Waals surface area contributed by atoms with Gasteiger partial charge in [0.2, 0.25) is 0 Å². The van der Waals surface area contributed by atoms with E-state index < -0.39 is 37.3 Å². The highest BCUT2D eigenvalue weighted by Crippen LogP contribution is 2.37. The molecule has 6 heteroatoms. The van der Waals surface area contributed by atoms with Crippen molar-refractivity contribution in [1.82, 2.24) is 0 Å². The Labute approximate surface area is 132 Å². The summed E-state index contributed by atoms with van der Waals surface area (Å²) in [4.78, 5) is 0. The van der Waals surface area contributed by atoms with Gasteiger partial charge in [0.25, 0.3) is 0 Å². The van der Waals surface area contributed by atoms with E-state index in [-0.39, 0.29) is 6.10 Å².